The molecule has 230 valence electrons. The minimum absolute atomic E-state index is 0. The number of ether oxygens (including phenoxy) is 4. The Bertz CT molecular complexity index is 1020. The van der Waals surface area contributed by atoms with Gasteiger partial charge >= 0.3 is 12.3 Å². The Balaban J connectivity index is 0.00000840. The van der Waals surface area contributed by atoms with Gasteiger partial charge in [0.15, 0.2) is 0 Å². The van der Waals surface area contributed by atoms with Crippen LogP contribution in [0.2, 0.25) is 0 Å². The third-order valence-corrected chi connectivity index (χ3v) is 5.63. The van der Waals surface area contributed by atoms with E-state index in [1.54, 1.807) is 0 Å². The van der Waals surface area contributed by atoms with Crippen molar-refractivity contribution < 1.29 is 28.5 Å². The summed E-state index contributed by atoms with van der Waals surface area (Å²) in [6.07, 6.45) is 47.2. The number of carbonyl (C=O) groups excluding carboxylic acids is 2. The summed E-state index contributed by atoms with van der Waals surface area (Å²) in [6, 6.07) is 0. The summed E-state index contributed by atoms with van der Waals surface area (Å²) in [5, 5.41) is 0. The molecule has 2 fully saturated rings. The molecule has 0 aromatic carbocycles. The average Bonchev–Trinajstić information content (AvgIpc) is 3.57. The van der Waals surface area contributed by atoms with E-state index in [4.69, 9.17) is 18.9 Å². The maximum Gasteiger partial charge on any atom is 0.508 e. The second kappa shape index (κ2) is 27.1. The summed E-state index contributed by atoms with van der Waals surface area (Å²) in [5.41, 5.74) is 0. The first-order valence-corrected chi connectivity index (χ1v) is 14.0. The number of allylic oxidation sites excluding steroid dienone is 19. The minimum Gasteiger partial charge on any atom is -0.430 e. The Labute approximate surface area is 253 Å². The fraction of sp³-hybridized carbons (Fsp3) is 0.389. The van der Waals surface area contributed by atoms with Crippen LogP contribution < -0.4 is 0 Å². The van der Waals surface area contributed by atoms with E-state index < -0.39 is 12.3 Å². The van der Waals surface area contributed by atoms with Crippen molar-refractivity contribution in [1.82, 2.24) is 0 Å². The van der Waals surface area contributed by atoms with E-state index in [-0.39, 0.29) is 27.1 Å². The molecule has 0 aliphatic carbocycles. The smallest absolute Gasteiger partial charge is 0.430 e. The summed E-state index contributed by atoms with van der Waals surface area (Å²) >= 11 is 0. The highest BCUT2D eigenvalue weighted by molar-refractivity contribution is 5.62. The number of hydrogen-bond acceptors (Lipinski definition) is 6. The zero-order valence-electron chi connectivity index (χ0n) is 23.2. The number of rotatable bonds is 19. The molecule has 6 heteroatoms. The SMILES string of the molecule is C.C.O=C1OCC(CC=CC=CC=CC=CCCC=CC=CC=CCCC=CC=CC=CCCCC2COC(=O)O2)O1. The summed E-state index contributed by atoms with van der Waals surface area (Å²) in [4.78, 5) is 21.6. The third kappa shape index (κ3) is 21.7. The molecule has 0 N–H and O–H groups in total. The molecule has 2 atom stereocenters. The molecular weight excluding hydrogens is 528 g/mol. The quantitative estimate of drug-likeness (QED) is 0.0863. The van der Waals surface area contributed by atoms with Crippen LogP contribution in [0.1, 0.15) is 66.2 Å². The summed E-state index contributed by atoms with van der Waals surface area (Å²) < 4.78 is 19.4. The van der Waals surface area contributed by atoms with Crippen molar-refractivity contribution in [2.45, 2.75) is 78.4 Å². The molecule has 0 amide bonds. The van der Waals surface area contributed by atoms with Crippen LogP contribution in [0.15, 0.2) is 122 Å². The van der Waals surface area contributed by atoms with Gasteiger partial charge in [-0.3, -0.25) is 0 Å². The van der Waals surface area contributed by atoms with Gasteiger partial charge in [-0.2, -0.15) is 0 Å². The van der Waals surface area contributed by atoms with Gasteiger partial charge in [-0.15, -0.1) is 0 Å². The van der Waals surface area contributed by atoms with E-state index in [0.29, 0.717) is 19.6 Å². The van der Waals surface area contributed by atoms with Crippen molar-refractivity contribution >= 4 is 12.3 Å². The molecule has 0 aromatic rings. The summed E-state index contributed by atoms with van der Waals surface area (Å²) in [7, 11) is 0. The molecule has 0 saturated carbocycles. The molecule has 2 aliphatic rings. The highest BCUT2D eigenvalue weighted by Crippen LogP contribution is 2.13. The van der Waals surface area contributed by atoms with Crippen LogP contribution in [0.3, 0.4) is 0 Å². The monoisotopic (exact) mass is 578 g/mol. The molecule has 0 aromatic heterocycles. The Kier molecular flexibility index (Phi) is 24.5. The second-order valence-electron chi connectivity index (χ2n) is 9.03. The van der Waals surface area contributed by atoms with E-state index >= 15 is 0 Å². The summed E-state index contributed by atoms with van der Waals surface area (Å²) in [5.74, 6) is 0. The maximum atomic E-state index is 10.8. The number of carbonyl (C=O) groups is 2. The van der Waals surface area contributed by atoms with E-state index in [1.807, 2.05) is 60.8 Å². The largest absolute Gasteiger partial charge is 0.508 e. The molecule has 6 nitrogen and oxygen atoms in total. The third-order valence-electron chi connectivity index (χ3n) is 5.63. The van der Waals surface area contributed by atoms with Crippen LogP contribution in [0, 0.1) is 0 Å². The van der Waals surface area contributed by atoms with E-state index in [1.165, 1.54) is 0 Å². The van der Waals surface area contributed by atoms with E-state index in [0.717, 1.165) is 44.9 Å². The molecule has 0 radical (unpaired) electrons. The first-order chi connectivity index (χ1) is 19.7. The zero-order valence-corrected chi connectivity index (χ0v) is 23.2. The van der Waals surface area contributed by atoms with Gasteiger partial charge in [0, 0.05) is 6.42 Å². The predicted molar refractivity (Wildman–Crippen MR) is 174 cm³/mol. The number of unbranched alkanes of at least 4 members (excludes halogenated alkanes) is 3. The molecule has 2 unspecified atom stereocenters. The molecule has 2 aliphatic heterocycles. The lowest BCUT2D eigenvalue weighted by Crippen LogP contribution is -2.08. The van der Waals surface area contributed by atoms with Gasteiger partial charge in [-0.05, 0) is 44.9 Å². The molecule has 2 heterocycles. The van der Waals surface area contributed by atoms with Crippen LogP contribution in [-0.2, 0) is 18.9 Å². The van der Waals surface area contributed by atoms with Crippen LogP contribution in [-0.4, -0.2) is 37.7 Å². The number of cyclic esters (lactones) is 4. The van der Waals surface area contributed by atoms with Crippen molar-refractivity contribution in [1.29, 1.82) is 0 Å². The predicted octanol–water partition coefficient (Wildman–Crippen LogP) is 10.0. The van der Waals surface area contributed by atoms with Gasteiger partial charge in [0.05, 0.1) is 0 Å². The average molecular weight is 579 g/mol. The Morgan fingerprint density at radius 3 is 1.24 bits per heavy atom. The fourth-order valence-corrected chi connectivity index (χ4v) is 3.53. The van der Waals surface area contributed by atoms with Gasteiger partial charge in [0.2, 0.25) is 0 Å². The molecular formula is C36H50O6. The lowest BCUT2D eigenvalue weighted by molar-refractivity contribution is 0.115. The minimum atomic E-state index is -0.578. The maximum absolute atomic E-state index is 10.8. The highest BCUT2D eigenvalue weighted by Gasteiger charge is 2.24. The number of hydrogen-bond donors (Lipinski definition) is 0. The normalized spacial score (nSPS) is 19.5. The van der Waals surface area contributed by atoms with Crippen molar-refractivity contribution in [2.24, 2.45) is 0 Å². The van der Waals surface area contributed by atoms with Crippen LogP contribution in [0.25, 0.3) is 0 Å². The summed E-state index contributed by atoms with van der Waals surface area (Å²) in [6.45, 7) is 0.717. The standard InChI is InChI=1S/C34H42O6.2CH4/c35-33-37-29-31(39-33)27-25-23-21-19-17-15-13-11-9-7-5-3-1-2-4-6-8-10-12-14-16-18-20-22-24-26-28-32-30-38-34(36)40-32;;/h1-6,11-23,25,31-32H,7-10,24,26-30H2;2*1H4. The topological polar surface area (TPSA) is 71.1 Å². The second-order valence-corrected chi connectivity index (χ2v) is 9.03. The van der Waals surface area contributed by atoms with E-state index in [9.17, 15) is 9.59 Å². The fourth-order valence-electron chi connectivity index (χ4n) is 3.53. The van der Waals surface area contributed by atoms with Gasteiger partial charge < -0.3 is 18.9 Å². The first-order valence-electron chi connectivity index (χ1n) is 14.0. The van der Waals surface area contributed by atoms with Gasteiger partial charge in [-0.1, -0.05) is 136 Å². The van der Waals surface area contributed by atoms with Crippen molar-refractivity contribution in [3.8, 4) is 0 Å². The van der Waals surface area contributed by atoms with Crippen LogP contribution in [0.5, 0.6) is 0 Å². The van der Waals surface area contributed by atoms with Crippen molar-refractivity contribution in [2.75, 3.05) is 13.2 Å². The first kappa shape index (κ1) is 37.9. The Morgan fingerprint density at radius 2 is 0.833 bits per heavy atom. The van der Waals surface area contributed by atoms with Crippen molar-refractivity contribution in [3.05, 3.63) is 122 Å². The Morgan fingerprint density at radius 1 is 0.476 bits per heavy atom. The lowest BCUT2D eigenvalue weighted by atomic mass is 10.1. The molecule has 42 heavy (non-hydrogen) atoms. The Hall–Kier alpha value is -4.06. The van der Waals surface area contributed by atoms with Crippen LogP contribution >= 0.6 is 0 Å². The lowest BCUT2D eigenvalue weighted by Gasteiger charge is -2.03. The molecule has 2 saturated heterocycles. The van der Waals surface area contributed by atoms with Gasteiger partial charge in [-0.25, -0.2) is 9.59 Å². The van der Waals surface area contributed by atoms with Gasteiger partial charge in [0.25, 0.3) is 0 Å². The van der Waals surface area contributed by atoms with Crippen molar-refractivity contribution in [3.63, 3.8) is 0 Å². The molecule has 0 spiro atoms. The molecule has 2 rings (SSSR count). The zero-order chi connectivity index (χ0) is 28.4. The van der Waals surface area contributed by atoms with Crippen LogP contribution in [0.4, 0.5) is 9.59 Å². The highest BCUT2D eigenvalue weighted by atomic mass is 16.8. The van der Waals surface area contributed by atoms with E-state index in [2.05, 4.69) is 60.8 Å². The van der Waals surface area contributed by atoms with Gasteiger partial charge in [0.1, 0.15) is 25.4 Å². The molecule has 0 bridgehead atoms.